The van der Waals surface area contributed by atoms with Gasteiger partial charge in [0.05, 0.1) is 11.9 Å². The number of carbonyl (C=O) groups excluding carboxylic acids is 2. The van der Waals surface area contributed by atoms with E-state index >= 15 is 0 Å². The fraction of sp³-hybridized carbons (Fsp3) is 0.462. The van der Waals surface area contributed by atoms with E-state index in [2.05, 4.69) is 5.32 Å². The minimum atomic E-state index is -3.62. The second kappa shape index (κ2) is 13.6. The molecule has 2 aromatic carbocycles. The van der Waals surface area contributed by atoms with Crippen molar-refractivity contribution < 1.29 is 22.4 Å². The van der Waals surface area contributed by atoms with Gasteiger partial charge >= 0.3 is 0 Å². The second-order valence-electron chi connectivity index (χ2n) is 8.79. The molecule has 10 heteroatoms. The van der Waals surface area contributed by atoms with E-state index < -0.39 is 16.1 Å². The molecule has 0 unspecified atom stereocenters. The van der Waals surface area contributed by atoms with Gasteiger partial charge in [-0.3, -0.25) is 13.9 Å². The van der Waals surface area contributed by atoms with Crippen LogP contribution < -0.4 is 9.62 Å². The van der Waals surface area contributed by atoms with Crippen LogP contribution in [0.1, 0.15) is 50.7 Å². The van der Waals surface area contributed by atoms with Crippen LogP contribution in [0.5, 0.6) is 0 Å². The summed E-state index contributed by atoms with van der Waals surface area (Å²) in [4.78, 5) is 27.4. The third-order valence-corrected chi connectivity index (χ3v) is 7.51. The average Bonchev–Trinajstić information content (AvgIpc) is 2.82. The number of unbranched alkanes of at least 4 members (excludes halogenated alkanes) is 1. The maximum atomic E-state index is 13.4. The van der Waals surface area contributed by atoms with Crippen molar-refractivity contribution in [2.24, 2.45) is 0 Å². The molecule has 198 valence electrons. The van der Waals surface area contributed by atoms with E-state index in [4.69, 9.17) is 11.6 Å². The van der Waals surface area contributed by atoms with E-state index in [0.29, 0.717) is 28.4 Å². The van der Waals surface area contributed by atoms with Gasteiger partial charge in [0.25, 0.3) is 0 Å². The molecule has 0 fully saturated rings. The summed E-state index contributed by atoms with van der Waals surface area (Å²) in [6.07, 6.45) is 3.13. The Morgan fingerprint density at radius 3 is 2.39 bits per heavy atom. The summed E-state index contributed by atoms with van der Waals surface area (Å²) in [5.74, 6) is -0.959. The van der Waals surface area contributed by atoms with Crippen LogP contribution in [0.15, 0.2) is 42.5 Å². The maximum Gasteiger partial charge on any atom is 0.242 e. The molecule has 0 radical (unpaired) electrons. The smallest absolute Gasteiger partial charge is 0.242 e. The number of benzene rings is 2. The van der Waals surface area contributed by atoms with Crippen LogP contribution in [0, 0.1) is 12.7 Å². The predicted molar refractivity (Wildman–Crippen MR) is 142 cm³/mol. The molecule has 0 bridgehead atoms. The highest BCUT2D eigenvalue weighted by Gasteiger charge is 2.27. The Balaban J connectivity index is 2.17. The average molecular weight is 540 g/mol. The summed E-state index contributed by atoms with van der Waals surface area (Å²) in [6.45, 7) is 6.13. The first-order valence-corrected chi connectivity index (χ1v) is 14.2. The summed E-state index contributed by atoms with van der Waals surface area (Å²) >= 11 is 6.19. The molecule has 0 heterocycles. The molecule has 2 aromatic rings. The Morgan fingerprint density at radius 2 is 1.78 bits per heavy atom. The topological polar surface area (TPSA) is 86.8 Å². The zero-order chi connectivity index (χ0) is 26.9. The lowest BCUT2D eigenvalue weighted by Gasteiger charge is -2.29. The predicted octanol–water partition coefficient (Wildman–Crippen LogP) is 4.67. The lowest BCUT2D eigenvalue weighted by molar-refractivity contribution is -0.140. The van der Waals surface area contributed by atoms with Gasteiger partial charge in [0.1, 0.15) is 11.9 Å². The van der Waals surface area contributed by atoms with Crippen molar-refractivity contribution in [2.75, 3.05) is 23.7 Å². The Kier molecular flexibility index (Phi) is 11.2. The number of halogens is 2. The minimum absolute atomic E-state index is 0.0272. The first-order valence-electron chi connectivity index (χ1n) is 12.0. The van der Waals surface area contributed by atoms with Gasteiger partial charge in [0.15, 0.2) is 0 Å². The third kappa shape index (κ3) is 8.48. The van der Waals surface area contributed by atoms with Gasteiger partial charge in [-0.1, -0.05) is 43.1 Å². The molecule has 36 heavy (non-hydrogen) atoms. The molecule has 1 N–H and O–H groups in total. The standard InChI is InChI=1S/C26H35ClFN3O4S/c1-5-6-16-29-26(33)20(3)30(18-21-12-14-22(28)15-13-21)25(32)11-8-17-31(36(4,34)35)24-10-7-9-23(27)19(24)2/h7,9-10,12-15,20H,5-6,8,11,16-18H2,1-4H3,(H,29,33)/t20-/m0/s1. The molecule has 0 aliphatic rings. The molecule has 0 saturated heterocycles. The minimum Gasteiger partial charge on any atom is -0.354 e. The van der Waals surface area contributed by atoms with Crippen molar-refractivity contribution >= 4 is 39.1 Å². The zero-order valence-corrected chi connectivity index (χ0v) is 22.8. The Morgan fingerprint density at radius 1 is 1.11 bits per heavy atom. The number of amides is 2. The van der Waals surface area contributed by atoms with Crippen molar-refractivity contribution in [3.05, 3.63) is 64.4 Å². The highest BCUT2D eigenvalue weighted by atomic mass is 35.5. The van der Waals surface area contributed by atoms with E-state index in [0.717, 1.165) is 19.1 Å². The molecule has 0 aliphatic heterocycles. The molecule has 1 atom stereocenters. The Bertz CT molecular complexity index is 1140. The van der Waals surface area contributed by atoms with Gasteiger partial charge in [-0.25, -0.2) is 12.8 Å². The number of hydrogen-bond acceptors (Lipinski definition) is 4. The van der Waals surface area contributed by atoms with Gasteiger partial charge in [-0.15, -0.1) is 0 Å². The van der Waals surface area contributed by atoms with Gasteiger partial charge in [-0.05, 0) is 62.1 Å². The molecule has 0 saturated carbocycles. The van der Waals surface area contributed by atoms with Crippen molar-refractivity contribution in [3.63, 3.8) is 0 Å². The van der Waals surface area contributed by atoms with Crippen LogP contribution in [0.25, 0.3) is 0 Å². The summed E-state index contributed by atoms with van der Waals surface area (Å²) in [5.41, 5.74) is 1.78. The number of nitrogens with one attached hydrogen (secondary N) is 1. The first-order chi connectivity index (χ1) is 17.0. The van der Waals surface area contributed by atoms with Crippen LogP contribution in [-0.2, 0) is 26.2 Å². The van der Waals surface area contributed by atoms with Crippen LogP contribution in [0.4, 0.5) is 10.1 Å². The molecule has 0 spiro atoms. The van der Waals surface area contributed by atoms with Gasteiger partial charge in [-0.2, -0.15) is 0 Å². The van der Waals surface area contributed by atoms with Crippen LogP contribution >= 0.6 is 11.6 Å². The summed E-state index contributed by atoms with van der Waals surface area (Å²) in [5, 5.41) is 3.30. The van der Waals surface area contributed by atoms with Crippen molar-refractivity contribution in [2.45, 2.75) is 59.0 Å². The Labute approximate surface area is 218 Å². The van der Waals surface area contributed by atoms with Crippen molar-refractivity contribution in [1.29, 1.82) is 0 Å². The number of sulfonamides is 1. The lowest BCUT2D eigenvalue weighted by atomic mass is 10.1. The van der Waals surface area contributed by atoms with Crippen LogP contribution in [0.2, 0.25) is 5.02 Å². The number of nitrogens with zero attached hydrogens (tertiary/aromatic N) is 2. The highest BCUT2D eigenvalue weighted by molar-refractivity contribution is 7.92. The van der Waals surface area contributed by atoms with Crippen LogP contribution in [0.3, 0.4) is 0 Å². The van der Waals surface area contributed by atoms with E-state index in [1.54, 1.807) is 44.2 Å². The van der Waals surface area contributed by atoms with E-state index in [9.17, 15) is 22.4 Å². The third-order valence-electron chi connectivity index (χ3n) is 5.92. The number of rotatable bonds is 13. The molecular formula is C26H35ClFN3O4S. The van der Waals surface area contributed by atoms with E-state index in [-0.39, 0.29) is 43.6 Å². The normalized spacial score (nSPS) is 12.2. The SMILES string of the molecule is CCCCNC(=O)[C@H](C)N(Cc1ccc(F)cc1)C(=O)CCCN(c1cccc(Cl)c1C)S(C)(=O)=O. The molecule has 0 aromatic heterocycles. The van der Waals surface area contributed by atoms with Gasteiger partial charge in [0.2, 0.25) is 21.8 Å². The molecule has 7 nitrogen and oxygen atoms in total. The largest absolute Gasteiger partial charge is 0.354 e. The fourth-order valence-electron chi connectivity index (χ4n) is 3.75. The maximum absolute atomic E-state index is 13.4. The highest BCUT2D eigenvalue weighted by Crippen LogP contribution is 2.28. The Hall–Kier alpha value is -2.65. The molecular weight excluding hydrogens is 505 g/mol. The summed E-state index contributed by atoms with van der Waals surface area (Å²) in [7, 11) is -3.62. The van der Waals surface area contributed by atoms with Crippen LogP contribution in [-0.4, -0.2) is 50.5 Å². The van der Waals surface area contributed by atoms with Crippen molar-refractivity contribution in [1.82, 2.24) is 10.2 Å². The van der Waals surface area contributed by atoms with E-state index in [1.807, 2.05) is 6.92 Å². The number of anilines is 1. The fourth-order valence-corrected chi connectivity index (χ4v) is 4.94. The summed E-state index contributed by atoms with van der Waals surface area (Å²) < 4.78 is 39.6. The quantitative estimate of drug-likeness (QED) is 0.375. The van der Waals surface area contributed by atoms with E-state index in [1.165, 1.54) is 21.3 Å². The monoisotopic (exact) mass is 539 g/mol. The van der Waals surface area contributed by atoms with Crippen molar-refractivity contribution in [3.8, 4) is 0 Å². The summed E-state index contributed by atoms with van der Waals surface area (Å²) in [6, 6.07) is 10.0. The van der Waals surface area contributed by atoms with Gasteiger partial charge in [0, 0.05) is 31.1 Å². The number of hydrogen-bond donors (Lipinski definition) is 1. The second-order valence-corrected chi connectivity index (χ2v) is 11.1. The first kappa shape index (κ1) is 29.6. The lowest BCUT2D eigenvalue weighted by Crippen LogP contribution is -2.48. The molecule has 0 aliphatic carbocycles. The van der Waals surface area contributed by atoms with Gasteiger partial charge < -0.3 is 10.2 Å². The molecule has 2 rings (SSSR count). The zero-order valence-electron chi connectivity index (χ0n) is 21.3. The number of carbonyl (C=O) groups is 2. The molecule has 2 amide bonds.